The number of nitrogens with one attached hydrogen (secondary N) is 1. The van der Waals surface area contributed by atoms with Crippen LogP contribution in [0.15, 0.2) is 24.3 Å². The molecule has 0 spiro atoms. The molecule has 16 heavy (non-hydrogen) atoms. The molecule has 88 valence electrons. The molecule has 1 aliphatic rings. The number of halogens is 1. The lowest BCUT2D eigenvalue weighted by molar-refractivity contribution is 0.168. The van der Waals surface area contributed by atoms with Gasteiger partial charge in [-0.25, -0.2) is 0 Å². The topological polar surface area (TPSA) is 21.3 Å². The zero-order valence-electron chi connectivity index (χ0n) is 9.63. The van der Waals surface area contributed by atoms with Crippen molar-refractivity contribution in [3.63, 3.8) is 0 Å². The highest BCUT2D eigenvalue weighted by Crippen LogP contribution is 2.34. The van der Waals surface area contributed by atoms with E-state index in [1.807, 2.05) is 12.1 Å². The van der Waals surface area contributed by atoms with Gasteiger partial charge in [0.1, 0.15) is 0 Å². The maximum absolute atomic E-state index is 6.05. The Hall–Kier alpha value is -0.570. The number of methoxy groups -OCH3 is 1. The molecule has 2 nitrogen and oxygen atoms in total. The Morgan fingerprint density at radius 3 is 2.81 bits per heavy atom. The predicted molar refractivity (Wildman–Crippen MR) is 67.1 cm³/mol. The molecule has 1 aliphatic heterocycles. The van der Waals surface area contributed by atoms with Crippen LogP contribution in [-0.2, 0) is 10.2 Å². The first-order valence-electron chi connectivity index (χ1n) is 5.73. The van der Waals surface area contributed by atoms with Crippen LogP contribution >= 0.6 is 11.6 Å². The molecule has 2 rings (SSSR count). The van der Waals surface area contributed by atoms with Gasteiger partial charge >= 0.3 is 0 Å². The van der Waals surface area contributed by atoms with E-state index in [9.17, 15) is 0 Å². The lowest BCUT2D eigenvalue weighted by Crippen LogP contribution is -2.56. The van der Waals surface area contributed by atoms with Crippen LogP contribution in [0.5, 0.6) is 0 Å². The maximum atomic E-state index is 6.05. The Bertz CT molecular complexity index is 350. The molecule has 0 unspecified atom stereocenters. The first-order valence-corrected chi connectivity index (χ1v) is 6.10. The highest BCUT2D eigenvalue weighted by Gasteiger charge is 2.37. The van der Waals surface area contributed by atoms with E-state index in [2.05, 4.69) is 17.4 Å². The molecule has 0 radical (unpaired) electrons. The Morgan fingerprint density at radius 2 is 2.25 bits per heavy atom. The summed E-state index contributed by atoms with van der Waals surface area (Å²) in [5.41, 5.74) is 1.64. The standard InChI is InChI=1S/C13H18ClNO/c1-16-7-3-6-13(9-15-10-13)11-4-2-5-12(14)8-11/h2,4-5,8,15H,3,6-7,9-10H2,1H3. The minimum absolute atomic E-state index is 0.281. The molecule has 1 saturated heterocycles. The van der Waals surface area contributed by atoms with E-state index >= 15 is 0 Å². The van der Waals surface area contributed by atoms with Gasteiger partial charge in [0.25, 0.3) is 0 Å². The number of hydrogen-bond acceptors (Lipinski definition) is 2. The molecule has 0 atom stereocenters. The molecule has 0 bridgehead atoms. The SMILES string of the molecule is COCCCC1(c2cccc(Cl)c2)CNC1. The van der Waals surface area contributed by atoms with Crippen LogP contribution in [0.2, 0.25) is 5.02 Å². The van der Waals surface area contributed by atoms with Crippen LogP contribution in [0.4, 0.5) is 0 Å². The van der Waals surface area contributed by atoms with Gasteiger partial charge in [-0.1, -0.05) is 23.7 Å². The average Bonchev–Trinajstić information content (AvgIpc) is 2.22. The van der Waals surface area contributed by atoms with Crippen molar-refractivity contribution in [3.05, 3.63) is 34.9 Å². The van der Waals surface area contributed by atoms with Gasteiger partial charge in [0, 0.05) is 37.2 Å². The van der Waals surface area contributed by atoms with Crippen molar-refractivity contribution in [1.29, 1.82) is 0 Å². The smallest absolute Gasteiger partial charge is 0.0462 e. The molecular weight excluding hydrogens is 222 g/mol. The highest BCUT2D eigenvalue weighted by atomic mass is 35.5. The van der Waals surface area contributed by atoms with Crippen molar-refractivity contribution in [2.24, 2.45) is 0 Å². The fourth-order valence-electron chi connectivity index (χ4n) is 2.33. The van der Waals surface area contributed by atoms with Crippen molar-refractivity contribution >= 4 is 11.6 Å². The van der Waals surface area contributed by atoms with Gasteiger partial charge in [-0.05, 0) is 30.5 Å². The van der Waals surface area contributed by atoms with Crippen LogP contribution in [-0.4, -0.2) is 26.8 Å². The summed E-state index contributed by atoms with van der Waals surface area (Å²) in [6.07, 6.45) is 2.26. The third kappa shape index (κ3) is 2.40. The van der Waals surface area contributed by atoms with E-state index < -0.39 is 0 Å². The van der Waals surface area contributed by atoms with Gasteiger partial charge in [0.15, 0.2) is 0 Å². The van der Waals surface area contributed by atoms with Crippen LogP contribution in [0, 0.1) is 0 Å². The molecule has 0 saturated carbocycles. The quantitative estimate of drug-likeness (QED) is 0.798. The van der Waals surface area contributed by atoms with Crippen molar-refractivity contribution in [3.8, 4) is 0 Å². The summed E-state index contributed by atoms with van der Waals surface area (Å²) in [7, 11) is 1.76. The Kier molecular flexibility index (Phi) is 3.85. The minimum Gasteiger partial charge on any atom is -0.385 e. The fourth-order valence-corrected chi connectivity index (χ4v) is 2.52. The van der Waals surface area contributed by atoms with Crippen LogP contribution in [0.1, 0.15) is 18.4 Å². The second kappa shape index (κ2) is 5.17. The molecular formula is C13H18ClNO. The molecule has 1 heterocycles. The van der Waals surface area contributed by atoms with Crippen molar-refractivity contribution in [2.75, 3.05) is 26.8 Å². The van der Waals surface area contributed by atoms with Gasteiger partial charge in [0.2, 0.25) is 0 Å². The summed E-state index contributed by atoms with van der Waals surface area (Å²) in [5, 5.41) is 4.19. The van der Waals surface area contributed by atoms with Crippen molar-refractivity contribution in [1.82, 2.24) is 5.32 Å². The molecule has 1 fully saturated rings. The maximum Gasteiger partial charge on any atom is 0.0462 e. The first-order chi connectivity index (χ1) is 7.77. The van der Waals surface area contributed by atoms with Gasteiger partial charge in [-0.2, -0.15) is 0 Å². The van der Waals surface area contributed by atoms with Gasteiger partial charge in [-0.15, -0.1) is 0 Å². The molecule has 0 aromatic heterocycles. The third-order valence-corrected chi connectivity index (χ3v) is 3.60. The summed E-state index contributed by atoms with van der Waals surface area (Å²) >= 11 is 6.05. The van der Waals surface area contributed by atoms with E-state index in [1.165, 1.54) is 5.56 Å². The summed E-state index contributed by atoms with van der Waals surface area (Å²) in [6, 6.07) is 8.24. The van der Waals surface area contributed by atoms with Crippen LogP contribution in [0.3, 0.4) is 0 Å². The van der Waals surface area contributed by atoms with E-state index in [1.54, 1.807) is 7.11 Å². The summed E-state index contributed by atoms with van der Waals surface area (Å²) in [5.74, 6) is 0. The zero-order valence-corrected chi connectivity index (χ0v) is 10.4. The normalized spacial score (nSPS) is 18.1. The van der Waals surface area contributed by atoms with Crippen LogP contribution < -0.4 is 5.32 Å². The predicted octanol–water partition coefficient (Wildman–Crippen LogP) is 2.61. The summed E-state index contributed by atoms with van der Waals surface area (Å²) < 4.78 is 5.12. The summed E-state index contributed by atoms with van der Waals surface area (Å²) in [4.78, 5) is 0. The van der Waals surface area contributed by atoms with E-state index in [0.717, 1.165) is 37.6 Å². The minimum atomic E-state index is 0.281. The van der Waals surface area contributed by atoms with E-state index in [0.29, 0.717) is 0 Å². The number of rotatable bonds is 5. The van der Waals surface area contributed by atoms with Gasteiger partial charge in [-0.3, -0.25) is 0 Å². The molecule has 3 heteroatoms. The Balaban J connectivity index is 2.08. The monoisotopic (exact) mass is 239 g/mol. The molecule has 1 aromatic carbocycles. The molecule has 0 amide bonds. The number of ether oxygens (including phenoxy) is 1. The van der Waals surface area contributed by atoms with Crippen molar-refractivity contribution in [2.45, 2.75) is 18.3 Å². The van der Waals surface area contributed by atoms with E-state index in [-0.39, 0.29) is 5.41 Å². The average molecular weight is 240 g/mol. The Morgan fingerprint density at radius 1 is 1.44 bits per heavy atom. The number of benzene rings is 1. The number of hydrogen-bond donors (Lipinski definition) is 1. The van der Waals surface area contributed by atoms with Gasteiger partial charge < -0.3 is 10.1 Å². The highest BCUT2D eigenvalue weighted by molar-refractivity contribution is 6.30. The summed E-state index contributed by atoms with van der Waals surface area (Å²) in [6.45, 7) is 2.94. The lowest BCUT2D eigenvalue weighted by Gasteiger charge is -2.43. The first kappa shape index (κ1) is 11.9. The largest absolute Gasteiger partial charge is 0.385 e. The molecule has 1 N–H and O–H groups in total. The second-order valence-electron chi connectivity index (χ2n) is 4.49. The fraction of sp³-hybridized carbons (Fsp3) is 0.538. The van der Waals surface area contributed by atoms with Gasteiger partial charge in [0.05, 0.1) is 0 Å². The van der Waals surface area contributed by atoms with Crippen LogP contribution in [0.25, 0.3) is 0 Å². The Labute approximate surface area is 102 Å². The molecule has 1 aromatic rings. The van der Waals surface area contributed by atoms with E-state index in [4.69, 9.17) is 16.3 Å². The lowest BCUT2D eigenvalue weighted by atomic mass is 9.72. The third-order valence-electron chi connectivity index (χ3n) is 3.37. The second-order valence-corrected chi connectivity index (χ2v) is 4.93. The van der Waals surface area contributed by atoms with Crippen molar-refractivity contribution < 1.29 is 4.74 Å². The molecule has 0 aliphatic carbocycles. The zero-order chi connectivity index (χ0) is 11.4.